The number of aromatic nitrogens is 1. The van der Waals surface area contributed by atoms with Gasteiger partial charge in [-0.3, -0.25) is 0 Å². The molecule has 0 amide bonds. The molecular weight excluding hydrogens is 283 g/mol. The van der Waals surface area contributed by atoms with Crippen LogP contribution in [0.1, 0.15) is 19.5 Å². The van der Waals surface area contributed by atoms with E-state index in [-0.39, 0.29) is 16.8 Å². The Labute approximate surface area is 121 Å². The molecule has 1 N–H and O–H groups in total. The zero-order valence-corrected chi connectivity index (χ0v) is 12.1. The van der Waals surface area contributed by atoms with Gasteiger partial charge in [-0.05, 0) is 24.6 Å². The number of rotatable bonds is 6. The molecule has 0 fully saturated rings. The molecule has 0 aliphatic heterocycles. The molecule has 1 aromatic heterocycles. The Kier molecular flexibility index (Phi) is 4.98. The maximum absolute atomic E-state index is 13.3. The molecule has 1 heterocycles. The van der Waals surface area contributed by atoms with Gasteiger partial charge in [-0.25, -0.2) is 4.39 Å². The van der Waals surface area contributed by atoms with Crippen LogP contribution in [-0.2, 0) is 6.54 Å². The van der Waals surface area contributed by atoms with Crippen LogP contribution in [0.15, 0.2) is 28.9 Å². The van der Waals surface area contributed by atoms with Gasteiger partial charge in [-0.2, -0.15) is 4.98 Å². The first-order valence-corrected chi connectivity index (χ1v) is 6.70. The number of oxazole rings is 1. The van der Waals surface area contributed by atoms with Gasteiger partial charge in [-0.15, -0.1) is 0 Å². The molecule has 6 heteroatoms. The van der Waals surface area contributed by atoms with Crippen molar-refractivity contribution in [2.45, 2.75) is 20.4 Å². The van der Waals surface area contributed by atoms with Crippen molar-refractivity contribution in [3.63, 3.8) is 0 Å². The Balaban J connectivity index is 1.93. The predicted molar refractivity (Wildman–Crippen MR) is 74.5 cm³/mol. The van der Waals surface area contributed by atoms with Gasteiger partial charge in [0.25, 0.3) is 0 Å². The van der Waals surface area contributed by atoms with Gasteiger partial charge in [0, 0.05) is 12.6 Å². The number of nitrogens with zero attached hydrogens (tertiary/aromatic N) is 1. The van der Waals surface area contributed by atoms with Crippen LogP contribution in [-0.4, -0.2) is 11.5 Å². The fourth-order valence-corrected chi connectivity index (χ4v) is 1.66. The Bertz CT molecular complexity index is 572. The molecule has 20 heavy (non-hydrogen) atoms. The normalized spacial score (nSPS) is 11.1. The van der Waals surface area contributed by atoms with Crippen molar-refractivity contribution in [1.82, 2.24) is 10.3 Å². The lowest BCUT2D eigenvalue weighted by molar-refractivity contribution is 0.329. The third-order valence-electron chi connectivity index (χ3n) is 2.49. The van der Waals surface area contributed by atoms with Crippen LogP contribution in [0.2, 0.25) is 5.02 Å². The highest BCUT2D eigenvalue weighted by Crippen LogP contribution is 2.24. The van der Waals surface area contributed by atoms with Crippen molar-refractivity contribution in [3.8, 4) is 11.8 Å². The SMILES string of the molecule is CC(C)CNCc1coc(Oc2ccc(Cl)c(F)c2)n1. The van der Waals surface area contributed by atoms with Crippen molar-refractivity contribution < 1.29 is 13.5 Å². The highest BCUT2D eigenvalue weighted by atomic mass is 35.5. The molecular formula is C14H16ClFN2O2. The first kappa shape index (κ1) is 14.8. The second-order valence-corrected chi connectivity index (χ2v) is 5.21. The number of hydrogen-bond donors (Lipinski definition) is 1. The summed E-state index contributed by atoms with van der Waals surface area (Å²) >= 11 is 5.59. The number of hydrogen-bond acceptors (Lipinski definition) is 4. The molecule has 0 spiro atoms. The summed E-state index contributed by atoms with van der Waals surface area (Å²) in [7, 11) is 0. The van der Waals surface area contributed by atoms with Gasteiger partial charge in [0.2, 0.25) is 0 Å². The van der Waals surface area contributed by atoms with E-state index in [9.17, 15) is 4.39 Å². The summed E-state index contributed by atoms with van der Waals surface area (Å²) < 4.78 is 23.7. The Hall–Kier alpha value is -1.59. The third kappa shape index (κ3) is 4.21. The summed E-state index contributed by atoms with van der Waals surface area (Å²) in [6.45, 7) is 5.74. The molecule has 4 nitrogen and oxygen atoms in total. The molecule has 0 unspecified atom stereocenters. The number of nitrogens with one attached hydrogen (secondary N) is 1. The van der Waals surface area contributed by atoms with Crippen LogP contribution in [0, 0.1) is 11.7 Å². The molecule has 0 atom stereocenters. The van der Waals surface area contributed by atoms with Crippen molar-refractivity contribution in [1.29, 1.82) is 0 Å². The molecule has 2 rings (SSSR count). The van der Waals surface area contributed by atoms with E-state index in [0.717, 1.165) is 12.2 Å². The van der Waals surface area contributed by atoms with Gasteiger partial charge >= 0.3 is 6.08 Å². The van der Waals surface area contributed by atoms with Crippen LogP contribution >= 0.6 is 11.6 Å². The third-order valence-corrected chi connectivity index (χ3v) is 2.79. The topological polar surface area (TPSA) is 47.3 Å². The maximum Gasteiger partial charge on any atom is 0.399 e. The quantitative estimate of drug-likeness (QED) is 0.875. The second-order valence-electron chi connectivity index (χ2n) is 4.81. The highest BCUT2D eigenvalue weighted by molar-refractivity contribution is 6.30. The molecule has 1 aromatic carbocycles. The summed E-state index contributed by atoms with van der Waals surface area (Å²) in [6, 6.07) is 4.15. The average molecular weight is 299 g/mol. The zero-order valence-electron chi connectivity index (χ0n) is 11.3. The predicted octanol–water partition coefficient (Wildman–Crippen LogP) is 4.01. The van der Waals surface area contributed by atoms with E-state index in [0.29, 0.717) is 12.5 Å². The van der Waals surface area contributed by atoms with E-state index < -0.39 is 5.82 Å². The number of ether oxygens (including phenoxy) is 1. The van der Waals surface area contributed by atoms with Crippen LogP contribution in [0.3, 0.4) is 0 Å². The van der Waals surface area contributed by atoms with E-state index in [4.69, 9.17) is 20.8 Å². The van der Waals surface area contributed by atoms with E-state index in [1.165, 1.54) is 18.4 Å². The Morgan fingerprint density at radius 2 is 2.25 bits per heavy atom. The molecule has 0 aliphatic carbocycles. The Morgan fingerprint density at radius 1 is 1.45 bits per heavy atom. The van der Waals surface area contributed by atoms with Crippen LogP contribution in [0.5, 0.6) is 11.8 Å². The lowest BCUT2D eigenvalue weighted by atomic mass is 10.2. The van der Waals surface area contributed by atoms with Gasteiger partial charge in [0.05, 0.1) is 10.7 Å². The largest absolute Gasteiger partial charge is 0.417 e. The van der Waals surface area contributed by atoms with E-state index in [1.54, 1.807) is 6.07 Å². The van der Waals surface area contributed by atoms with Crippen molar-refractivity contribution in [2.75, 3.05) is 6.54 Å². The first-order valence-electron chi connectivity index (χ1n) is 6.32. The minimum Gasteiger partial charge on any atom is -0.417 e. The molecule has 0 bridgehead atoms. The molecule has 0 radical (unpaired) electrons. The Morgan fingerprint density at radius 3 is 2.95 bits per heavy atom. The zero-order chi connectivity index (χ0) is 14.5. The van der Waals surface area contributed by atoms with Crippen LogP contribution < -0.4 is 10.1 Å². The van der Waals surface area contributed by atoms with Crippen molar-refractivity contribution >= 4 is 11.6 Å². The number of benzene rings is 1. The second kappa shape index (κ2) is 6.72. The minimum atomic E-state index is -0.547. The minimum absolute atomic E-state index is 0.0447. The lowest BCUT2D eigenvalue weighted by Crippen LogP contribution is -2.19. The summed E-state index contributed by atoms with van der Waals surface area (Å²) in [5.74, 6) is 0.305. The van der Waals surface area contributed by atoms with Crippen LogP contribution in [0.25, 0.3) is 0 Å². The lowest BCUT2D eigenvalue weighted by Gasteiger charge is -2.04. The monoisotopic (exact) mass is 298 g/mol. The highest BCUT2D eigenvalue weighted by Gasteiger charge is 2.08. The fourth-order valence-electron chi connectivity index (χ4n) is 1.55. The molecule has 0 saturated carbocycles. The van der Waals surface area contributed by atoms with E-state index in [1.807, 2.05) is 0 Å². The standard InChI is InChI=1S/C14H16ClFN2O2/c1-9(2)6-17-7-10-8-19-14(18-10)20-11-3-4-12(15)13(16)5-11/h3-5,8-9,17H,6-7H2,1-2H3. The molecule has 0 aliphatic rings. The van der Waals surface area contributed by atoms with Gasteiger partial charge in [0.1, 0.15) is 17.8 Å². The summed E-state index contributed by atoms with van der Waals surface area (Å²) in [6.07, 6.45) is 1.59. The first-order chi connectivity index (χ1) is 9.54. The summed E-state index contributed by atoms with van der Waals surface area (Å²) in [4.78, 5) is 4.15. The average Bonchev–Trinajstić information content (AvgIpc) is 2.81. The van der Waals surface area contributed by atoms with E-state index >= 15 is 0 Å². The van der Waals surface area contributed by atoms with Gasteiger partial charge in [-0.1, -0.05) is 25.4 Å². The van der Waals surface area contributed by atoms with Gasteiger partial charge in [0.15, 0.2) is 0 Å². The molecule has 0 saturated heterocycles. The smallest absolute Gasteiger partial charge is 0.399 e. The molecule has 2 aromatic rings. The van der Waals surface area contributed by atoms with Gasteiger partial charge < -0.3 is 14.5 Å². The maximum atomic E-state index is 13.3. The molecule has 108 valence electrons. The van der Waals surface area contributed by atoms with Crippen LogP contribution in [0.4, 0.5) is 4.39 Å². The fraction of sp³-hybridized carbons (Fsp3) is 0.357. The van der Waals surface area contributed by atoms with Crippen molar-refractivity contribution in [3.05, 3.63) is 41.0 Å². The van der Waals surface area contributed by atoms with E-state index in [2.05, 4.69) is 24.1 Å². The van der Waals surface area contributed by atoms with Crippen molar-refractivity contribution in [2.24, 2.45) is 5.92 Å². The summed E-state index contributed by atoms with van der Waals surface area (Å²) in [5, 5.41) is 3.28. The number of halogens is 2. The summed E-state index contributed by atoms with van der Waals surface area (Å²) in [5.41, 5.74) is 0.732.